The summed E-state index contributed by atoms with van der Waals surface area (Å²) >= 11 is 19.1. The van der Waals surface area contributed by atoms with E-state index in [2.05, 4.69) is 25.6 Å². The van der Waals surface area contributed by atoms with Crippen LogP contribution >= 0.6 is 34.8 Å². The highest BCUT2D eigenvalue weighted by Crippen LogP contribution is 2.30. The summed E-state index contributed by atoms with van der Waals surface area (Å²) in [5.74, 6) is 0.732. The largest absolute Gasteiger partial charge is 0.365 e. The molecule has 1 fully saturated rings. The monoisotopic (exact) mass is 472 g/mol. The summed E-state index contributed by atoms with van der Waals surface area (Å²) in [5, 5.41) is 13.9. The van der Waals surface area contributed by atoms with Gasteiger partial charge >= 0.3 is 0 Å². The first-order chi connectivity index (χ1) is 15.1. The average Bonchev–Trinajstić information content (AvgIpc) is 3.12. The van der Waals surface area contributed by atoms with E-state index in [1.54, 1.807) is 11.0 Å². The molecule has 2 aromatic heterocycles. The van der Waals surface area contributed by atoms with Gasteiger partial charge in [0.2, 0.25) is 0 Å². The first kappa shape index (κ1) is 20.5. The lowest BCUT2D eigenvalue weighted by Gasteiger charge is -2.26. The van der Waals surface area contributed by atoms with Crippen LogP contribution in [0.1, 0.15) is 36.0 Å². The number of benzene rings is 2. The lowest BCUT2D eigenvalue weighted by atomic mass is 9.93. The standard InChI is InChI=1S/C22H19Cl3N6/c23-15-6-4-13(5-7-15)8-17-18(24)9-14(10-19(17)25)11-31-22-20(29-30-31)21(26-12-27-22)28-16-2-1-3-16/h4-7,9-10,12,16H,1-3,8,11H2,(H,26,27,28). The van der Waals surface area contributed by atoms with Crippen LogP contribution in [0.2, 0.25) is 15.1 Å². The summed E-state index contributed by atoms with van der Waals surface area (Å²) in [6, 6.07) is 12.0. The highest BCUT2D eigenvalue weighted by Gasteiger charge is 2.20. The number of nitrogens with one attached hydrogen (secondary N) is 1. The fourth-order valence-corrected chi connectivity index (χ4v) is 4.44. The van der Waals surface area contributed by atoms with Gasteiger partial charge in [-0.25, -0.2) is 14.6 Å². The van der Waals surface area contributed by atoms with Crippen LogP contribution in [0, 0.1) is 0 Å². The molecule has 0 radical (unpaired) electrons. The van der Waals surface area contributed by atoms with Gasteiger partial charge < -0.3 is 5.32 Å². The van der Waals surface area contributed by atoms with Gasteiger partial charge in [-0.05, 0) is 60.2 Å². The van der Waals surface area contributed by atoms with Crippen LogP contribution < -0.4 is 5.32 Å². The number of hydrogen-bond acceptors (Lipinski definition) is 5. The topological polar surface area (TPSA) is 68.5 Å². The van der Waals surface area contributed by atoms with E-state index in [9.17, 15) is 0 Å². The fraction of sp³-hybridized carbons (Fsp3) is 0.273. The second-order valence-electron chi connectivity index (χ2n) is 7.76. The molecule has 1 aliphatic carbocycles. The Balaban J connectivity index is 1.39. The predicted molar refractivity (Wildman–Crippen MR) is 124 cm³/mol. The number of halogens is 3. The summed E-state index contributed by atoms with van der Waals surface area (Å²) < 4.78 is 1.74. The molecule has 2 aromatic carbocycles. The molecule has 2 heterocycles. The summed E-state index contributed by atoms with van der Waals surface area (Å²) in [6.45, 7) is 0.455. The van der Waals surface area contributed by atoms with E-state index in [0.29, 0.717) is 45.2 Å². The lowest BCUT2D eigenvalue weighted by Crippen LogP contribution is -2.27. The molecule has 0 bridgehead atoms. The van der Waals surface area contributed by atoms with Crippen LogP contribution in [0.15, 0.2) is 42.7 Å². The van der Waals surface area contributed by atoms with Crippen molar-refractivity contribution in [1.82, 2.24) is 25.0 Å². The van der Waals surface area contributed by atoms with Gasteiger partial charge in [-0.3, -0.25) is 0 Å². The minimum Gasteiger partial charge on any atom is -0.365 e. The van der Waals surface area contributed by atoms with Gasteiger partial charge in [0.15, 0.2) is 17.0 Å². The molecule has 158 valence electrons. The third kappa shape index (κ3) is 4.33. The second kappa shape index (κ2) is 8.61. The van der Waals surface area contributed by atoms with Gasteiger partial charge in [0, 0.05) is 27.5 Å². The summed E-state index contributed by atoms with van der Waals surface area (Å²) in [5.41, 5.74) is 4.24. The number of fused-ring (bicyclic) bond motifs is 1. The molecule has 9 heteroatoms. The van der Waals surface area contributed by atoms with Crippen molar-refractivity contribution in [3.8, 4) is 0 Å². The highest BCUT2D eigenvalue weighted by atomic mass is 35.5. The quantitative estimate of drug-likeness (QED) is 0.384. The van der Waals surface area contributed by atoms with E-state index in [0.717, 1.165) is 35.3 Å². The van der Waals surface area contributed by atoms with Crippen LogP contribution in [0.4, 0.5) is 5.82 Å². The molecule has 1 saturated carbocycles. The molecule has 1 aliphatic rings. The first-order valence-corrected chi connectivity index (χ1v) is 11.2. The van der Waals surface area contributed by atoms with E-state index in [1.807, 2.05) is 36.4 Å². The zero-order valence-electron chi connectivity index (χ0n) is 16.5. The second-order valence-corrected chi connectivity index (χ2v) is 9.01. The molecule has 0 saturated heterocycles. The zero-order chi connectivity index (χ0) is 21.4. The third-order valence-corrected chi connectivity index (χ3v) is 6.50. The molecule has 6 nitrogen and oxygen atoms in total. The molecule has 4 aromatic rings. The minimum atomic E-state index is 0.453. The minimum absolute atomic E-state index is 0.453. The van der Waals surface area contributed by atoms with Crippen LogP contribution in [0.3, 0.4) is 0 Å². The number of nitrogens with zero attached hydrogens (tertiary/aromatic N) is 5. The molecular formula is C22H19Cl3N6. The molecule has 0 unspecified atom stereocenters. The predicted octanol–water partition coefficient (Wildman–Crippen LogP) is 5.79. The number of rotatable bonds is 6. The van der Waals surface area contributed by atoms with Gasteiger partial charge in [0.05, 0.1) is 6.54 Å². The average molecular weight is 474 g/mol. The van der Waals surface area contributed by atoms with Gasteiger partial charge in [-0.15, -0.1) is 5.10 Å². The molecule has 0 atom stereocenters. The maximum Gasteiger partial charge on any atom is 0.184 e. The fourth-order valence-electron chi connectivity index (χ4n) is 3.64. The van der Waals surface area contributed by atoms with E-state index < -0.39 is 0 Å². The van der Waals surface area contributed by atoms with E-state index in [-0.39, 0.29) is 0 Å². The maximum absolute atomic E-state index is 6.59. The Morgan fingerprint density at radius 1 is 0.968 bits per heavy atom. The van der Waals surface area contributed by atoms with E-state index in [1.165, 1.54) is 6.42 Å². The molecule has 0 spiro atoms. The Morgan fingerprint density at radius 3 is 2.39 bits per heavy atom. The van der Waals surface area contributed by atoms with Gasteiger partial charge in [0.25, 0.3) is 0 Å². The van der Waals surface area contributed by atoms with E-state index >= 15 is 0 Å². The van der Waals surface area contributed by atoms with Gasteiger partial charge in [0.1, 0.15) is 6.33 Å². The molecule has 1 N–H and O–H groups in total. The Bertz CT molecular complexity index is 1210. The summed E-state index contributed by atoms with van der Waals surface area (Å²) in [4.78, 5) is 8.73. The first-order valence-electron chi connectivity index (χ1n) is 10.1. The van der Waals surface area contributed by atoms with Crippen molar-refractivity contribution in [2.24, 2.45) is 0 Å². The molecule has 31 heavy (non-hydrogen) atoms. The van der Waals surface area contributed by atoms with Crippen molar-refractivity contribution in [2.45, 2.75) is 38.3 Å². The Kier molecular flexibility index (Phi) is 5.69. The molecule has 0 amide bonds. The Morgan fingerprint density at radius 2 is 1.71 bits per heavy atom. The number of anilines is 1. The zero-order valence-corrected chi connectivity index (χ0v) is 18.8. The van der Waals surface area contributed by atoms with Crippen LogP contribution in [0.25, 0.3) is 11.2 Å². The van der Waals surface area contributed by atoms with Gasteiger partial charge in [-0.1, -0.05) is 52.1 Å². The Hall–Kier alpha value is -2.41. The van der Waals surface area contributed by atoms with E-state index in [4.69, 9.17) is 34.8 Å². The lowest BCUT2D eigenvalue weighted by molar-refractivity contribution is 0.444. The Labute approximate surface area is 194 Å². The number of aromatic nitrogens is 5. The van der Waals surface area contributed by atoms with Gasteiger partial charge in [-0.2, -0.15) is 0 Å². The highest BCUT2D eigenvalue weighted by molar-refractivity contribution is 6.36. The van der Waals surface area contributed by atoms with Crippen LogP contribution in [-0.2, 0) is 13.0 Å². The van der Waals surface area contributed by atoms with Crippen molar-refractivity contribution in [3.63, 3.8) is 0 Å². The van der Waals surface area contributed by atoms with Crippen molar-refractivity contribution in [3.05, 3.63) is 74.5 Å². The van der Waals surface area contributed by atoms with Crippen molar-refractivity contribution >= 4 is 51.8 Å². The van der Waals surface area contributed by atoms with Crippen molar-refractivity contribution in [1.29, 1.82) is 0 Å². The molecule has 0 aliphatic heterocycles. The van der Waals surface area contributed by atoms with Crippen LogP contribution in [0.5, 0.6) is 0 Å². The maximum atomic E-state index is 6.59. The van der Waals surface area contributed by atoms with Crippen molar-refractivity contribution in [2.75, 3.05) is 5.32 Å². The van der Waals surface area contributed by atoms with Crippen molar-refractivity contribution < 1.29 is 0 Å². The molecule has 5 rings (SSSR count). The number of hydrogen-bond donors (Lipinski definition) is 1. The summed E-state index contributed by atoms with van der Waals surface area (Å²) in [7, 11) is 0. The third-order valence-electron chi connectivity index (χ3n) is 5.57. The van der Waals surface area contributed by atoms with Crippen LogP contribution in [-0.4, -0.2) is 31.0 Å². The summed E-state index contributed by atoms with van der Waals surface area (Å²) in [6.07, 6.45) is 5.72. The molecular weight excluding hydrogens is 455 g/mol. The normalized spacial score (nSPS) is 14.0. The smallest absolute Gasteiger partial charge is 0.184 e. The SMILES string of the molecule is Clc1ccc(Cc2c(Cl)cc(Cn3nnc4c(NC5CCC5)ncnc43)cc2Cl)cc1.